The van der Waals surface area contributed by atoms with Crippen molar-refractivity contribution in [2.75, 3.05) is 51.5 Å². The van der Waals surface area contributed by atoms with Gasteiger partial charge < -0.3 is 29.4 Å². The summed E-state index contributed by atoms with van der Waals surface area (Å²) in [5.41, 5.74) is 2.20. The fraction of sp³-hybridized carbons (Fsp3) is 0.370. The van der Waals surface area contributed by atoms with Crippen molar-refractivity contribution in [1.82, 2.24) is 15.6 Å². The molecule has 1 aliphatic heterocycles. The number of alkyl halides is 1. The van der Waals surface area contributed by atoms with Gasteiger partial charge in [0.15, 0.2) is 5.76 Å². The highest BCUT2D eigenvalue weighted by Crippen LogP contribution is 2.29. The minimum atomic E-state index is -0.848. The lowest BCUT2D eigenvalue weighted by Gasteiger charge is -2.29. The normalized spacial score (nSPS) is 14.2. The second-order valence-corrected chi connectivity index (χ2v) is 8.62. The van der Waals surface area contributed by atoms with Gasteiger partial charge in [0.2, 0.25) is 5.89 Å². The van der Waals surface area contributed by atoms with E-state index in [-0.39, 0.29) is 11.7 Å². The van der Waals surface area contributed by atoms with Crippen LogP contribution in [0.1, 0.15) is 35.1 Å². The van der Waals surface area contributed by atoms with Crippen LogP contribution in [0, 0.1) is 5.41 Å². The fourth-order valence-corrected chi connectivity index (χ4v) is 4.16. The van der Waals surface area contributed by atoms with Crippen LogP contribution in [-0.4, -0.2) is 63.4 Å². The summed E-state index contributed by atoms with van der Waals surface area (Å²) in [6.45, 7) is 2.30. The zero-order valence-corrected chi connectivity index (χ0v) is 20.8. The van der Waals surface area contributed by atoms with Gasteiger partial charge in [-0.25, -0.2) is 9.37 Å². The lowest BCUT2D eigenvalue weighted by atomic mass is 10.1. The smallest absolute Gasteiger partial charge is 0.255 e. The Morgan fingerprint density at radius 2 is 2.00 bits per heavy atom. The molecular formula is C27H32FN5O4. The van der Waals surface area contributed by atoms with Crippen molar-refractivity contribution >= 4 is 17.4 Å². The van der Waals surface area contributed by atoms with Crippen LogP contribution in [0.15, 0.2) is 59.1 Å². The summed E-state index contributed by atoms with van der Waals surface area (Å²) in [4.78, 5) is 20.1. The summed E-state index contributed by atoms with van der Waals surface area (Å²) < 4.78 is 29.6. The van der Waals surface area contributed by atoms with E-state index in [9.17, 15) is 9.18 Å². The number of amidine groups is 1. The molecule has 0 bridgehead atoms. The van der Waals surface area contributed by atoms with Crippen molar-refractivity contribution in [3.8, 4) is 17.1 Å². The quantitative estimate of drug-likeness (QED) is 0.204. The van der Waals surface area contributed by atoms with E-state index >= 15 is 0 Å². The Bertz CT molecular complexity index is 1180. The molecule has 2 heterocycles. The van der Waals surface area contributed by atoms with Crippen LogP contribution in [-0.2, 0) is 4.74 Å². The first-order valence-corrected chi connectivity index (χ1v) is 12.3. The molecule has 9 nitrogen and oxygen atoms in total. The van der Waals surface area contributed by atoms with E-state index in [1.807, 2.05) is 42.5 Å². The van der Waals surface area contributed by atoms with Gasteiger partial charge in [0, 0.05) is 30.9 Å². The van der Waals surface area contributed by atoms with Gasteiger partial charge in [0.1, 0.15) is 24.3 Å². The van der Waals surface area contributed by atoms with Gasteiger partial charge in [0.25, 0.3) is 5.91 Å². The van der Waals surface area contributed by atoms with Crippen LogP contribution in [0.5, 0.6) is 5.75 Å². The molecule has 0 unspecified atom stereocenters. The number of rotatable bonds is 11. The summed E-state index contributed by atoms with van der Waals surface area (Å²) in [5.74, 6) is 0.937. The number of oxazole rings is 1. The monoisotopic (exact) mass is 509 g/mol. The minimum absolute atomic E-state index is 0.173. The number of halogens is 1. The summed E-state index contributed by atoms with van der Waals surface area (Å²) in [5, 5.41) is 13.2. The number of carbonyl (C=O) groups is 1. The Morgan fingerprint density at radius 1 is 1.22 bits per heavy atom. The molecule has 3 N–H and O–H groups in total. The number of methoxy groups -OCH3 is 1. The molecule has 1 atom stereocenters. The Labute approximate surface area is 215 Å². The van der Waals surface area contributed by atoms with Crippen LogP contribution >= 0.6 is 0 Å². The molecule has 0 radical (unpaired) electrons. The third-order valence-corrected chi connectivity index (χ3v) is 6.13. The molecular weight excluding hydrogens is 477 g/mol. The number of aromatic nitrogens is 1. The third-order valence-electron chi connectivity index (χ3n) is 6.13. The second-order valence-electron chi connectivity index (χ2n) is 8.62. The summed E-state index contributed by atoms with van der Waals surface area (Å²) >= 11 is 0. The first kappa shape index (κ1) is 26.2. The van der Waals surface area contributed by atoms with Crippen molar-refractivity contribution < 1.29 is 23.1 Å². The van der Waals surface area contributed by atoms with E-state index in [2.05, 4.69) is 20.5 Å². The Morgan fingerprint density at radius 3 is 2.73 bits per heavy atom. The molecule has 0 spiro atoms. The maximum atomic E-state index is 13.5. The van der Waals surface area contributed by atoms with Crippen molar-refractivity contribution in [2.45, 2.75) is 18.9 Å². The molecule has 4 rings (SSSR count). The zero-order valence-electron chi connectivity index (χ0n) is 20.8. The number of hydrogen-bond acceptors (Lipinski definition) is 7. The van der Waals surface area contributed by atoms with E-state index in [1.165, 1.54) is 7.11 Å². The van der Waals surface area contributed by atoms with Gasteiger partial charge in [-0.15, -0.1) is 0 Å². The van der Waals surface area contributed by atoms with Gasteiger partial charge in [0.05, 0.1) is 32.1 Å². The predicted octanol–water partition coefficient (Wildman–Crippen LogP) is 3.97. The van der Waals surface area contributed by atoms with Crippen molar-refractivity contribution in [1.29, 1.82) is 5.41 Å². The molecule has 10 heteroatoms. The zero-order chi connectivity index (χ0) is 26.0. The molecule has 196 valence electrons. The number of amides is 1. The third kappa shape index (κ3) is 6.85. The summed E-state index contributed by atoms with van der Waals surface area (Å²) in [7, 11) is 1.53. The van der Waals surface area contributed by atoms with E-state index in [1.54, 1.807) is 12.3 Å². The lowest BCUT2D eigenvalue weighted by Crippen LogP contribution is -2.36. The van der Waals surface area contributed by atoms with Gasteiger partial charge in [-0.3, -0.25) is 10.2 Å². The number of nitrogens with one attached hydrogen (secondary N) is 3. The Hall–Kier alpha value is -3.92. The van der Waals surface area contributed by atoms with E-state index in [0.29, 0.717) is 55.6 Å². The summed E-state index contributed by atoms with van der Waals surface area (Å²) in [6.07, 6.45) is 2.67. The summed E-state index contributed by atoms with van der Waals surface area (Å²) in [6, 6.07) is 14.6. The molecule has 0 aliphatic carbocycles. The fourth-order valence-electron chi connectivity index (χ4n) is 4.16. The maximum absolute atomic E-state index is 13.5. The standard InChI is InChI=1S/C27H32FN5O4/c1-35-23-10-9-20(33-12-14-36-15-13-33)16-21(23)26(34)32-22(8-5-11-30-25(29)17-28)27-31-18-24(37-27)19-6-3-2-4-7-19/h2-4,6-7,9-10,16,18,22H,5,8,11-15,17H2,1H3,(H2,29,30)(H,32,34)/t22-/m0/s1. The van der Waals surface area contributed by atoms with Crippen LogP contribution in [0.4, 0.5) is 10.1 Å². The second kappa shape index (κ2) is 12.9. The SMILES string of the molecule is COc1ccc(N2CCOCC2)cc1C(=O)N[C@@H](CCCNC(=N)CF)c1ncc(-c2ccccc2)o1. The predicted molar refractivity (Wildman–Crippen MR) is 139 cm³/mol. The number of benzene rings is 2. The molecule has 1 aromatic heterocycles. The lowest BCUT2D eigenvalue weighted by molar-refractivity contribution is 0.0924. The topological polar surface area (TPSA) is 113 Å². The van der Waals surface area contributed by atoms with Crippen LogP contribution in [0.3, 0.4) is 0 Å². The van der Waals surface area contributed by atoms with Gasteiger partial charge >= 0.3 is 0 Å². The van der Waals surface area contributed by atoms with E-state index < -0.39 is 12.7 Å². The number of hydrogen-bond donors (Lipinski definition) is 3. The highest BCUT2D eigenvalue weighted by Gasteiger charge is 2.24. The average Bonchev–Trinajstić information content (AvgIpc) is 3.45. The molecule has 37 heavy (non-hydrogen) atoms. The maximum Gasteiger partial charge on any atom is 0.255 e. The van der Waals surface area contributed by atoms with Crippen LogP contribution < -0.4 is 20.3 Å². The number of morpholine rings is 1. The first-order chi connectivity index (χ1) is 18.1. The van der Waals surface area contributed by atoms with Crippen LogP contribution in [0.2, 0.25) is 0 Å². The van der Waals surface area contributed by atoms with Gasteiger partial charge in [-0.05, 0) is 31.0 Å². The number of carbonyl (C=O) groups excluding carboxylic acids is 1. The van der Waals surface area contributed by atoms with E-state index in [0.717, 1.165) is 24.3 Å². The van der Waals surface area contributed by atoms with E-state index in [4.69, 9.17) is 19.3 Å². The highest BCUT2D eigenvalue weighted by atomic mass is 19.1. The molecule has 2 aromatic carbocycles. The molecule has 0 saturated carbocycles. The van der Waals surface area contributed by atoms with Crippen molar-refractivity contribution in [2.24, 2.45) is 0 Å². The molecule has 3 aromatic rings. The van der Waals surface area contributed by atoms with Gasteiger partial charge in [-0.1, -0.05) is 30.3 Å². The Kier molecular flexibility index (Phi) is 9.09. The van der Waals surface area contributed by atoms with Gasteiger partial charge in [-0.2, -0.15) is 0 Å². The highest BCUT2D eigenvalue weighted by molar-refractivity contribution is 5.98. The van der Waals surface area contributed by atoms with Crippen molar-refractivity contribution in [3.05, 3.63) is 66.2 Å². The first-order valence-electron chi connectivity index (χ1n) is 12.3. The van der Waals surface area contributed by atoms with Crippen LogP contribution in [0.25, 0.3) is 11.3 Å². The molecule has 1 fully saturated rings. The molecule has 1 amide bonds. The molecule has 1 saturated heterocycles. The average molecular weight is 510 g/mol. The number of ether oxygens (including phenoxy) is 2. The largest absolute Gasteiger partial charge is 0.496 e. The van der Waals surface area contributed by atoms with Crippen molar-refractivity contribution in [3.63, 3.8) is 0 Å². The number of nitrogens with zero attached hydrogens (tertiary/aromatic N) is 2. The molecule has 1 aliphatic rings. The Balaban J connectivity index is 1.54. The number of anilines is 1. The minimum Gasteiger partial charge on any atom is -0.496 e.